The monoisotopic (exact) mass is 524 g/mol. The van der Waals surface area contributed by atoms with Crippen molar-refractivity contribution in [1.82, 2.24) is 4.90 Å². The summed E-state index contributed by atoms with van der Waals surface area (Å²) in [7, 11) is 0. The van der Waals surface area contributed by atoms with Gasteiger partial charge in [-0.05, 0) is 49.4 Å². The summed E-state index contributed by atoms with van der Waals surface area (Å²) in [4.78, 5) is 28.1. The van der Waals surface area contributed by atoms with E-state index >= 15 is 0 Å². The van der Waals surface area contributed by atoms with E-state index in [2.05, 4.69) is 5.32 Å². The maximum Gasteiger partial charge on any atom is 0.409 e. The Kier molecular flexibility index (Phi) is 8.89. The average molecular weight is 525 g/mol. The van der Waals surface area contributed by atoms with Gasteiger partial charge in [0.2, 0.25) is 0 Å². The van der Waals surface area contributed by atoms with Crippen LogP contribution in [0.4, 0.5) is 10.5 Å². The highest BCUT2D eigenvalue weighted by Gasteiger charge is 2.38. The molecule has 1 heterocycles. The molecule has 1 amide bonds. The van der Waals surface area contributed by atoms with E-state index in [4.69, 9.17) is 27.9 Å². The Morgan fingerprint density at radius 3 is 2.19 bits per heavy atom. The molecule has 1 aliphatic rings. The number of halogens is 2. The van der Waals surface area contributed by atoms with Crippen LogP contribution < -0.4 is 5.32 Å². The van der Waals surface area contributed by atoms with Gasteiger partial charge in [-0.1, -0.05) is 83.9 Å². The lowest BCUT2D eigenvalue weighted by Crippen LogP contribution is -2.46. The lowest BCUT2D eigenvalue weighted by Gasteiger charge is -2.39. The van der Waals surface area contributed by atoms with Gasteiger partial charge < -0.3 is 15.0 Å². The number of anilines is 1. The Balaban J connectivity index is 1.70. The van der Waals surface area contributed by atoms with Gasteiger partial charge in [0.05, 0.1) is 22.6 Å². The van der Waals surface area contributed by atoms with E-state index in [1.807, 2.05) is 73.7 Å². The van der Waals surface area contributed by atoms with Gasteiger partial charge in [0.15, 0.2) is 5.78 Å². The third-order valence-corrected chi connectivity index (χ3v) is 7.42. The third kappa shape index (κ3) is 6.21. The summed E-state index contributed by atoms with van der Waals surface area (Å²) in [5, 5.41) is 4.56. The number of ether oxygens (including phenoxy) is 1. The zero-order valence-corrected chi connectivity index (χ0v) is 21.7. The van der Waals surface area contributed by atoms with E-state index in [-0.39, 0.29) is 23.8 Å². The Morgan fingerprint density at radius 2 is 1.58 bits per heavy atom. The molecule has 3 aromatic rings. The first kappa shape index (κ1) is 26.1. The number of nitrogens with one attached hydrogen (secondary N) is 1. The van der Waals surface area contributed by atoms with Crippen molar-refractivity contribution < 1.29 is 14.3 Å². The van der Waals surface area contributed by atoms with E-state index < -0.39 is 5.92 Å². The minimum Gasteiger partial charge on any atom is -0.450 e. The fourth-order valence-electron chi connectivity index (χ4n) is 4.87. The number of likely N-dealkylation sites (tertiary alicyclic amines) is 1. The van der Waals surface area contributed by atoms with Crippen LogP contribution in [0.5, 0.6) is 0 Å². The number of rotatable bonds is 8. The van der Waals surface area contributed by atoms with Crippen LogP contribution in [0.25, 0.3) is 0 Å². The van der Waals surface area contributed by atoms with Crippen molar-refractivity contribution >= 4 is 40.8 Å². The molecule has 5 nitrogen and oxygen atoms in total. The standard InChI is InChI=1S/C29H30Cl2N2O3/c1-2-36-29(35)33-17-15-21(16-18-33)27(32-23-13-14-24(30)25(31)19-23)26(20-9-5-3-6-10-20)28(34)22-11-7-4-8-12-22/h3-14,19,21,26-27,32H,2,15-18H2,1H3. The molecule has 1 fully saturated rings. The molecule has 0 radical (unpaired) electrons. The molecule has 3 aromatic carbocycles. The van der Waals surface area contributed by atoms with Gasteiger partial charge >= 0.3 is 6.09 Å². The molecule has 1 saturated heterocycles. The van der Waals surface area contributed by atoms with Crippen molar-refractivity contribution in [1.29, 1.82) is 0 Å². The molecule has 1 aliphatic heterocycles. The van der Waals surface area contributed by atoms with E-state index in [0.717, 1.165) is 24.1 Å². The van der Waals surface area contributed by atoms with Crippen LogP contribution >= 0.6 is 23.2 Å². The minimum absolute atomic E-state index is 0.0483. The number of hydrogen-bond donors (Lipinski definition) is 1. The summed E-state index contributed by atoms with van der Waals surface area (Å²) in [6, 6.07) is 24.5. The topological polar surface area (TPSA) is 58.6 Å². The number of carbonyl (C=O) groups is 2. The lowest BCUT2D eigenvalue weighted by molar-refractivity contribution is 0.0831. The summed E-state index contributed by atoms with van der Waals surface area (Å²) in [5.41, 5.74) is 2.40. The second-order valence-electron chi connectivity index (χ2n) is 8.94. The molecule has 0 spiro atoms. The van der Waals surface area contributed by atoms with Crippen molar-refractivity contribution in [2.45, 2.75) is 31.7 Å². The average Bonchev–Trinajstić information content (AvgIpc) is 2.91. The summed E-state index contributed by atoms with van der Waals surface area (Å²) in [6.07, 6.45) is 1.19. The van der Waals surface area contributed by atoms with Gasteiger partial charge in [-0.15, -0.1) is 0 Å². The molecular formula is C29H30Cl2N2O3. The number of carbonyl (C=O) groups excluding carboxylic acids is 2. The number of hydrogen-bond acceptors (Lipinski definition) is 4. The highest BCUT2D eigenvalue weighted by Crippen LogP contribution is 2.36. The van der Waals surface area contributed by atoms with Crippen LogP contribution in [-0.4, -0.2) is 42.5 Å². The fraction of sp³-hybridized carbons (Fsp3) is 0.310. The second-order valence-corrected chi connectivity index (χ2v) is 9.76. The molecule has 36 heavy (non-hydrogen) atoms. The minimum atomic E-state index is -0.442. The van der Waals surface area contributed by atoms with Gasteiger partial charge in [0, 0.05) is 30.4 Å². The van der Waals surface area contributed by atoms with Crippen molar-refractivity contribution in [3.8, 4) is 0 Å². The number of Topliss-reactive ketones (excluding diaryl/α,β-unsaturated/α-hetero) is 1. The van der Waals surface area contributed by atoms with Crippen LogP contribution in [0.1, 0.15) is 41.6 Å². The van der Waals surface area contributed by atoms with Crippen molar-refractivity contribution in [2.24, 2.45) is 5.92 Å². The number of nitrogens with zero attached hydrogens (tertiary/aromatic N) is 1. The first-order valence-corrected chi connectivity index (χ1v) is 13.0. The van der Waals surface area contributed by atoms with Gasteiger partial charge in [-0.2, -0.15) is 0 Å². The van der Waals surface area contributed by atoms with Crippen LogP contribution in [0, 0.1) is 5.92 Å². The summed E-state index contributed by atoms with van der Waals surface area (Å²) in [5.74, 6) is -0.266. The van der Waals surface area contributed by atoms with Gasteiger partial charge in [-0.3, -0.25) is 4.79 Å². The second kappa shape index (κ2) is 12.3. The zero-order valence-electron chi connectivity index (χ0n) is 20.2. The molecule has 0 bridgehead atoms. The fourth-order valence-corrected chi connectivity index (χ4v) is 5.17. The van der Waals surface area contributed by atoms with Gasteiger partial charge in [-0.25, -0.2) is 4.79 Å². The molecule has 1 N–H and O–H groups in total. The number of benzene rings is 3. The van der Waals surface area contributed by atoms with Gasteiger partial charge in [0.1, 0.15) is 0 Å². The molecule has 7 heteroatoms. The molecule has 4 rings (SSSR count). The summed E-state index contributed by atoms with van der Waals surface area (Å²) < 4.78 is 5.20. The highest BCUT2D eigenvalue weighted by atomic mass is 35.5. The lowest BCUT2D eigenvalue weighted by atomic mass is 9.75. The van der Waals surface area contributed by atoms with Crippen LogP contribution in [-0.2, 0) is 4.74 Å². The summed E-state index contributed by atoms with van der Waals surface area (Å²) in [6.45, 7) is 3.30. The van der Waals surface area contributed by atoms with Crippen LogP contribution in [0.15, 0.2) is 78.9 Å². The Hall–Kier alpha value is -3.02. The van der Waals surface area contributed by atoms with E-state index in [9.17, 15) is 9.59 Å². The Bertz CT molecular complexity index is 1170. The first-order chi connectivity index (χ1) is 17.5. The normalized spacial score (nSPS) is 15.7. The molecule has 0 aromatic heterocycles. The van der Waals surface area contributed by atoms with Crippen molar-refractivity contribution in [3.05, 3.63) is 100 Å². The predicted molar refractivity (Wildman–Crippen MR) is 145 cm³/mol. The van der Waals surface area contributed by atoms with E-state index in [1.54, 1.807) is 17.0 Å². The predicted octanol–water partition coefficient (Wildman–Crippen LogP) is 7.31. The smallest absolute Gasteiger partial charge is 0.409 e. The number of piperidine rings is 1. The van der Waals surface area contributed by atoms with Gasteiger partial charge in [0.25, 0.3) is 0 Å². The number of amides is 1. The maximum absolute atomic E-state index is 14.0. The quantitative estimate of drug-likeness (QED) is 0.314. The highest BCUT2D eigenvalue weighted by molar-refractivity contribution is 6.42. The maximum atomic E-state index is 14.0. The largest absolute Gasteiger partial charge is 0.450 e. The third-order valence-electron chi connectivity index (χ3n) is 6.69. The van der Waals surface area contributed by atoms with E-state index in [1.165, 1.54) is 0 Å². The molecule has 0 aliphatic carbocycles. The molecular weight excluding hydrogens is 495 g/mol. The first-order valence-electron chi connectivity index (χ1n) is 12.3. The molecule has 2 atom stereocenters. The Labute approximate surface area is 222 Å². The van der Waals surface area contributed by atoms with Crippen LogP contribution in [0.3, 0.4) is 0 Å². The number of ketones is 1. The van der Waals surface area contributed by atoms with Crippen LogP contribution in [0.2, 0.25) is 10.0 Å². The molecule has 0 saturated carbocycles. The molecule has 2 unspecified atom stereocenters. The molecule has 188 valence electrons. The zero-order chi connectivity index (χ0) is 25.5. The van der Waals surface area contributed by atoms with E-state index in [0.29, 0.717) is 35.3 Å². The van der Waals surface area contributed by atoms with Crippen molar-refractivity contribution in [2.75, 3.05) is 25.0 Å². The SMILES string of the molecule is CCOC(=O)N1CCC(C(Nc2ccc(Cl)c(Cl)c2)C(C(=O)c2ccccc2)c2ccccc2)CC1. The summed E-state index contributed by atoms with van der Waals surface area (Å²) >= 11 is 12.5. The Morgan fingerprint density at radius 1 is 0.944 bits per heavy atom. The van der Waals surface area contributed by atoms with Crippen molar-refractivity contribution in [3.63, 3.8) is 0 Å².